The number of nitrogen functional groups attached to an aromatic ring is 1. The summed E-state index contributed by atoms with van der Waals surface area (Å²) in [5.74, 6) is 0. The van der Waals surface area contributed by atoms with E-state index in [0.29, 0.717) is 18.8 Å². The maximum atomic E-state index is 11.9. The number of benzene rings is 1. The van der Waals surface area contributed by atoms with Crippen LogP contribution in [0.5, 0.6) is 0 Å². The standard InChI is InChI=1S/C16H17N5O/c17-13-3-1-2-11(8-13)9-20-16(22)21-10-12-4-6-18-15-14(12)5-7-19-15/h1-8H,9-10,17H2,(H,18,19)(H2,20,21,22). The molecule has 1 aromatic carbocycles. The smallest absolute Gasteiger partial charge is 0.315 e. The predicted molar refractivity (Wildman–Crippen MR) is 86.0 cm³/mol. The lowest BCUT2D eigenvalue weighted by atomic mass is 10.2. The van der Waals surface area contributed by atoms with Gasteiger partial charge in [-0.3, -0.25) is 0 Å². The zero-order valence-corrected chi connectivity index (χ0v) is 12.0. The van der Waals surface area contributed by atoms with Crippen LogP contribution in [0, 0.1) is 0 Å². The third-order valence-electron chi connectivity index (χ3n) is 3.39. The first-order valence-corrected chi connectivity index (χ1v) is 6.99. The molecule has 2 amide bonds. The molecule has 112 valence electrons. The summed E-state index contributed by atoms with van der Waals surface area (Å²) in [4.78, 5) is 19.1. The number of aromatic amines is 1. The average Bonchev–Trinajstić information content (AvgIpc) is 3.00. The van der Waals surface area contributed by atoms with E-state index in [0.717, 1.165) is 22.2 Å². The summed E-state index contributed by atoms with van der Waals surface area (Å²) in [5.41, 5.74) is 9.19. The van der Waals surface area contributed by atoms with E-state index in [2.05, 4.69) is 20.6 Å². The second-order valence-corrected chi connectivity index (χ2v) is 4.99. The van der Waals surface area contributed by atoms with E-state index in [4.69, 9.17) is 5.73 Å². The van der Waals surface area contributed by atoms with Crippen molar-refractivity contribution in [1.82, 2.24) is 20.6 Å². The number of nitrogens with one attached hydrogen (secondary N) is 3. The number of nitrogens with zero attached hydrogens (tertiary/aromatic N) is 1. The molecule has 0 saturated heterocycles. The van der Waals surface area contributed by atoms with Crippen molar-refractivity contribution >= 4 is 22.8 Å². The van der Waals surface area contributed by atoms with E-state index >= 15 is 0 Å². The van der Waals surface area contributed by atoms with Crippen LogP contribution in [0.4, 0.5) is 10.5 Å². The summed E-state index contributed by atoms with van der Waals surface area (Å²) in [6, 6.07) is 11.1. The van der Waals surface area contributed by atoms with Crippen molar-refractivity contribution in [2.75, 3.05) is 5.73 Å². The molecule has 0 spiro atoms. The van der Waals surface area contributed by atoms with Gasteiger partial charge in [-0.15, -0.1) is 0 Å². The Bertz CT molecular complexity index is 796. The van der Waals surface area contributed by atoms with Gasteiger partial charge in [0, 0.05) is 36.6 Å². The molecule has 0 unspecified atom stereocenters. The van der Waals surface area contributed by atoms with Crippen molar-refractivity contribution in [2.24, 2.45) is 0 Å². The highest BCUT2D eigenvalue weighted by atomic mass is 16.2. The van der Waals surface area contributed by atoms with Gasteiger partial charge in [-0.05, 0) is 35.4 Å². The number of nitrogens with two attached hydrogens (primary N) is 1. The van der Waals surface area contributed by atoms with E-state index < -0.39 is 0 Å². The van der Waals surface area contributed by atoms with Gasteiger partial charge in [-0.25, -0.2) is 9.78 Å². The molecule has 0 atom stereocenters. The van der Waals surface area contributed by atoms with Crippen molar-refractivity contribution in [3.8, 4) is 0 Å². The number of fused-ring (bicyclic) bond motifs is 1. The number of H-pyrrole nitrogens is 1. The van der Waals surface area contributed by atoms with Crippen molar-refractivity contribution in [3.63, 3.8) is 0 Å². The summed E-state index contributed by atoms with van der Waals surface area (Å²) in [5, 5.41) is 6.66. The van der Waals surface area contributed by atoms with E-state index in [1.807, 2.05) is 42.6 Å². The normalized spacial score (nSPS) is 10.5. The fourth-order valence-electron chi connectivity index (χ4n) is 2.30. The number of pyridine rings is 1. The molecule has 2 heterocycles. The van der Waals surface area contributed by atoms with Gasteiger partial charge in [0.2, 0.25) is 0 Å². The first kappa shape index (κ1) is 13.9. The predicted octanol–water partition coefficient (Wildman–Crippen LogP) is 2.14. The first-order chi connectivity index (χ1) is 10.7. The Morgan fingerprint density at radius 3 is 2.91 bits per heavy atom. The molecule has 3 aromatic rings. The first-order valence-electron chi connectivity index (χ1n) is 6.99. The van der Waals surface area contributed by atoms with Crippen molar-refractivity contribution < 1.29 is 4.79 Å². The molecule has 0 saturated carbocycles. The van der Waals surface area contributed by atoms with Crippen LogP contribution in [0.15, 0.2) is 48.8 Å². The average molecular weight is 295 g/mol. The molecule has 3 rings (SSSR count). The van der Waals surface area contributed by atoms with Gasteiger partial charge >= 0.3 is 6.03 Å². The highest BCUT2D eigenvalue weighted by Crippen LogP contribution is 2.14. The summed E-state index contributed by atoms with van der Waals surface area (Å²) in [6.45, 7) is 0.881. The van der Waals surface area contributed by atoms with Crippen molar-refractivity contribution in [1.29, 1.82) is 0 Å². The van der Waals surface area contributed by atoms with Crippen LogP contribution < -0.4 is 16.4 Å². The monoisotopic (exact) mass is 295 g/mol. The molecular formula is C16H17N5O. The Hall–Kier alpha value is -3.02. The lowest BCUT2D eigenvalue weighted by Crippen LogP contribution is -2.34. The number of urea groups is 1. The van der Waals surface area contributed by atoms with Crippen LogP contribution >= 0.6 is 0 Å². The van der Waals surface area contributed by atoms with Crippen LogP contribution in [0.3, 0.4) is 0 Å². The lowest BCUT2D eigenvalue weighted by molar-refractivity contribution is 0.240. The molecule has 0 fully saturated rings. The number of aromatic nitrogens is 2. The number of carbonyl (C=O) groups is 1. The second-order valence-electron chi connectivity index (χ2n) is 4.99. The molecule has 6 heteroatoms. The van der Waals surface area contributed by atoms with Gasteiger partial charge in [0.1, 0.15) is 5.65 Å². The molecule has 0 aliphatic heterocycles. The third kappa shape index (κ3) is 3.17. The van der Waals surface area contributed by atoms with E-state index in [9.17, 15) is 4.79 Å². The molecule has 0 radical (unpaired) electrons. The van der Waals surface area contributed by atoms with Crippen LogP contribution in [0.2, 0.25) is 0 Å². The number of amides is 2. The van der Waals surface area contributed by atoms with Crippen LogP contribution in [-0.4, -0.2) is 16.0 Å². The van der Waals surface area contributed by atoms with Gasteiger partial charge in [-0.2, -0.15) is 0 Å². The SMILES string of the molecule is Nc1cccc(CNC(=O)NCc2ccnc3[nH]ccc23)c1. The molecule has 0 bridgehead atoms. The number of hydrogen-bond acceptors (Lipinski definition) is 3. The van der Waals surface area contributed by atoms with Gasteiger partial charge in [0.05, 0.1) is 0 Å². The van der Waals surface area contributed by atoms with E-state index in [-0.39, 0.29) is 6.03 Å². The number of rotatable bonds is 4. The third-order valence-corrected chi connectivity index (χ3v) is 3.39. The maximum Gasteiger partial charge on any atom is 0.315 e. The van der Waals surface area contributed by atoms with Crippen LogP contribution in [0.1, 0.15) is 11.1 Å². The summed E-state index contributed by atoms with van der Waals surface area (Å²) in [6.07, 6.45) is 3.56. The molecule has 5 N–H and O–H groups in total. The molecule has 22 heavy (non-hydrogen) atoms. The van der Waals surface area contributed by atoms with Crippen LogP contribution in [0.25, 0.3) is 11.0 Å². The Kier molecular flexibility index (Phi) is 3.91. The molecule has 2 aromatic heterocycles. The number of carbonyl (C=O) groups excluding carboxylic acids is 1. The minimum absolute atomic E-state index is 0.220. The van der Waals surface area contributed by atoms with E-state index in [1.165, 1.54) is 0 Å². The topological polar surface area (TPSA) is 95.8 Å². The molecule has 6 nitrogen and oxygen atoms in total. The summed E-state index contributed by atoms with van der Waals surface area (Å²) in [7, 11) is 0. The minimum atomic E-state index is -0.220. The van der Waals surface area contributed by atoms with Crippen molar-refractivity contribution in [3.05, 3.63) is 59.9 Å². The van der Waals surface area contributed by atoms with Crippen LogP contribution in [-0.2, 0) is 13.1 Å². The Labute approximate surface area is 127 Å². The molecular weight excluding hydrogens is 278 g/mol. The number of hydrogen-bond donors (Lipinski definition) is 4. The van der Waals surface area contributed by atoms with E-state index in [1.54, 1.807) is 6.20 Å². The second kappa shape index (κ2) is 6.17. The van der Waals surface area contributed by atoms with Gasteiger partial charge in [0.15, 0.2) is 0 Å². The minimum Gasteiger partial charge on any atom is -0.399 e. The van der Waals surface area contributed by atoms with Gasteiger partial charge < -0.3 is 21.4 Å². The Balaban J connectivity index is 1.55. The summed E-state index contributed by atoms with van der Waals surface area (Å²) < 4.78 is 0. The quantitative estimate of drug-likeness (QED) is 0.555. The van der Waals surface area contributed by atoms with Gasteiger partial charge in [-0.1, -0.05) is 12.1 Å². The highest BCUT2D eigenvalue weighted by Gasteiger charge is 2.05. The molecule has 0 aliphatic carbocycles. The zero-order chi connectivity index (χ0) is 15.4. The number of anilines is 1. The lowest BCUT2D eigenvalue weighted by Gasteiger charge is -2.09. The Morgan fingerprint density at radius 2 is 2.05 bits per heavy atom. The fraction of sp³-hybridized carbons (Fsp3) is 0.125. The van der Waals surface area contributed by atoms with Gasteiger partial charge in [0.25, 0.3) is 0 Å². The fourth-order valence-corrected chi connectivity index (χ4v) is 2.30. The maximum absolute atomic E-state index is 11.9. The Morgan fingerprint density at radius 1 is 1.18 bits per heavy atom. The summed E-state index contributed by atoms with van der Waals surface area (Å²) >= 11 is 0. The zero-order valence-electron chi connectivity index (χ0n) is 12.0. The van der Waals surface area contributed by atoms with Crippen molar-refractivity contribution in [2.45, 2.75) is 13.1 Å². The molecule has 0 aliphatic rings. The largest absolute Gasteiger partial charge is 0.399 e. The highest BCUT2D eigenvalue weighted by molar-refractivity contribution is 5.80.